The minimum Gasteiger partial charge on any atom is -0.372 e. The molecule has 4 N–H and O–H groups in total. The molecule has 0 saturated heterocycles. The molecule has 0 fully saturated rings. The molecule has 0 aromatic heterocycles. The van der Waals surface area contributed by atoms with Gasteiger partial charge in [-0.3, -0.25) is 5.32 Å². The van der Waals surface area contributed by atoms with Crippen molar-refractivity contribution in [3.05, 3.63) is 24.4 Å². The maximum Gasteiger partial charge on any atom is 0.0959 e. The molecule has 0 aromatic rings. The van der Waals surface area contributed by atoms with E-state index in [0.717, 1.165) is 13.1 Å². The van der Waals surface area contributed by atoms with Crippen LogP contribution in [-0.4, -0.2) is 19.3 Å². The second-order valence-electron chi connectivity index (χ2n) is 2.35. The van der Waals surface area contributed by atoms with Crippen molar-refractivity contribution in [1.82, 2.24) is 10.6 Å². The van der Waals surface area contributed by atoms with Gasteiger partial charge in [-0.2, -0.15) is 0 Å². The van der Waals surface area contributed by atoms with Crippen LogP contribution in [0.25, 0.3) is 0 Å². The summed E-state index contributed by atoms with van der Waals surface area (Å²) in [4.78, 5) is 0. The van der Waals surface area contributed by atoms with Crippen LogP contribution < -0.4 is 16.4 Å². The zero-order chi connectivity index (χ0) is 9.23. The highest BCUT2D eigenvalue weighted by Crippen LogP contribution is 1.88. The van der Waals surface area contributed by atoms with Crippen molar-refractivity contribution >= 4 is 0 Å². The van der Waals surface area contributed by atoms with Crippen molar-refractivity contribution in [2.24, 2.45) is 5.73 Å². The van der Waals surface area contributed by atoms with Crippen molar-refractivity contribution in [2.75, 3.05) is 13.1 Å². The van der Waals surface area contributed by atoms with E-state index in [4.69, 9.17) is 5.73 Å². The fraction of sp³-hybridized carbons (Fsp3) is 0.556. The summed E-state index contributed by atoms with van der Waals surface area (Å²) in [6.07, 6.45) is 8.37. The molecule has 0 saturated carbocycles. The Bertz CT molecular complexity index is 141. The predicted octanol–water partition coefficient (Wildman–Crippen LogP) is 0.560. The normalized spacial score (nSPS) is 19.4. The lowest BCUT2D eigenvalue weighted by molar-refractivity contribution is 0.565. The molecule has 0 amide bonds. The van der Waals surface area contributed by atoms with Gasteiger partial charge < -0.3 is 11.1 Å². The van der Waals surface area contributed by atoms with E-state index < -0.39 is 0 Å². The number of dihydropyridines is 1. The molecule has 70 valence electrons. The topological polar surface area (TPSA) is 50.1 Å². The molecule has 1 rings (SSSR count). The minimum absolute atomic E-state index is 0.333. The standard InChI is InChI=1S/C7H12N2.C2H7N/c1-2-8-7-5-3-4-6-9-7;1-2-3/h3-9H,2H2,1H3;2-3H2,1H3. The van der Waals surface area contributed by atoms with E-state index in [1.54, 1.807) is 0 Å². The van der Waals surface area contributed by atoms with Gasteiger partial charge in [-0.1, -0.05) is 19.9 Å². The highest BCUT2D eigenvalue weighted by Gasteiger charge is 1.97. The zero-order valence-corrected chi connectivity index (χ0v) is 7.88. The van der Waals surface area contributed by atoms with Crippen molar-refractivity contribution in [3.8, 4) is 0 Å². The molecule has 1 heterocycles. The Morgan fingerprint density at radius 3 is 2.50 bits per heavy atom. The summed E-state index contributed by atoms with van der Waals surface area (Å²) in [5.41, 5.74) is 4.85. The molecule has 1 aliphatic heterocycles. The van der Waals surface area contributed by atoms with Crippen molar-refractivity contribution in [1.29, 1.82) is 0 Å². The molecule has 0 aliphatic carbocycles. The first-order valence-corrected chi connectivity index (χ1v) is 4.38. The molecule has 1 aliphatic rings. The molecule has 1 unspecified atom stereocenters. The van der Waals surface area contributed by atoms with E-state index in [1.807, 2.05) is 25.3 Å². The van der Waals surface area contributed by atoms with Gasteiger partial charge in [0, 0.05) is 0 Å². The number of nitrogens with two attached hydrogens (primary N) is 1. The lowest BCUT2D eigenvalue weighted by Gasteiger charge is -2.15. The number of hydrogen-bond donors (Lipinski definition) is 3. The maximum absolute atomic E-state index is 4.85. The highest BCUT2D eigenvalue weighted by atomic mass is 15.1. The number of likely N-dealkylation sites (N-methyl/N-ethyl adjacent to an activating group) is 1. The SMILES string of the molecule is CCN.CCNC1C=CC=CN1. The van der Waals surface area contributed by atoms with Crippen LogP contribution in [0.4, 0.5) is 0 Å². The maximum atomic E-state index is 4.85. The second kappa shape index (κ2) is 8.30. The van der Waals surface area contributed by atoms with Crippen LogP contribution in [0.3, 0.4) is 0 Å². The van der Waals surface area contributed by atoms with E-state index in [-0.39, 0.29) is 0 Å². The largest absolute Gasteiger partial charge is 0.372 e. The third kappa shape index (κ3) is 5.95. The Hall–Kier alpha value is -0.800. The first kappa shape index (κ1) is 11.2. The first-order valence-electron chi connectivity index (χ1n) is 4.38. The Kier molecular flexibility index (Phi) is 7.74. The quantitative estimate of drug-likeness (QED) is 0.566. The second-order valence-corrected chi connectivity index (χ2v) is 2.35. The van der Waals surface area contributed by atoms with Crippen LogP contribution in [0.5, 0.6) is 0 Å². The van der Waals surface area contributed by atoms with E-state index in [0.29, 0.717) is 6.17 Å². The third-order valence-electron chi connectivity index (χ3n) is 1.21. The van der Waals surface area contributed by atoms with Gasteiger partial charge in [-0.05, 0) is 31.4 Å². The van der Waals surface area contributed by atoms with E-state index in [2.05, 4.69) is 23.6 Å². The van der Waals surface area contributed by atoms with Gasteiger partial charge in [0.25, 0.3) is 0 Å². The van der Waals surface area contributed by atoms with Gasteiger partial charge in [-0.15, -0.1) is 0 Å². The molecule has 0 bridgehead atoms. The van der Waals surface area contributed by atoms with Gasteiger partial charge in [-0.25, -0.2) is 0 Å². The summed E-state index contributed by atoms with van der Waals surface area (Å²) in [7, 11) is 0. The molecule has 3 nitrogen and oxygen atoms in total. The van der Waals surface area contributed by atoms with Gasteiger partial charge in [0.2, 0.25) is 0 Å². The predicted molar refractivity (Wildman–Crippen MR) is 53.6 cm³/mol. The summed E-state index contributed by atoms with van der Waals surface area (Å²) in [5.74, 6) is 0. The Labute approximate surface area is 74.7 Å². The van der Waals surface area contributed by atoms with Gasteiger partial charge in [0.15, 0.2) is 0 Å². The lowest BCUT2D eigenvalue weighted by Crippen LogP contribution is -2.38. The summed E-state index contributed by atoms with van der Waals surface area (Å²) in [6, 6.07) is 0. The molecule has 12 heavy (non-hydrogen) atoms. The van der Waals surface area contributed by atoms with Gasteiger partial charge >= 0.3 is 0 Å². The summed E-state index contributed by atoms with van der Waals surface area (Å²) in [6.45, 7) is 5.74. The number of rotatable bonds is 2. The van der Waals surface area contributed by atoms with Crippen molar-refractivity contribution < 1.29 is 0 Å². The van der Waals surface area contributed by atoms with Crippen LogP contribution >= 0.6 is 0 Å². The van der Waals surface area contributed by atoms with Crippen molar-refractivity contribution in [3.63, 3.8) is 0 Å². The van der Waals surface area contributed by atoms with Crippen LogP contribution in [0.2, 0.25) is 0 Å². The van der Waals surface area contributed by atoms with E-state index in [9.17, 15) is 0 Å². The third-order valence-corrected chi connectivity index (χ3v) is 1.21. The fourth-order valence-corrected chi connectivity index (χ4v) is 0.792. The Balaban J connectivity index is 0.000000354. The Morgan fingerprint density at radius 1 is 1.42 bits per heavy atom. The summed E-state index contributed by atoms with van der Waals surface area (Å²) in [5, 5.41) is 6.38. The summed E-state index contributed by atoms with van der Waals surface area (Å²) < 4.78 is 0. The molecular formula is C9H19N3. The van der Waals surface area contributed by atoms with E-state index in [1.165, 1.54) is 0 Å². The molecule has 0 radical (unpaired) electrons. The number of hydrogen-bond acceptors (Lipinski definition) is 3. The lowest BCUT2D eigenvalue weighted by atomic mass is 10.3. The van der Waals surface area contributed by atoms with E-state index >= 15 is 0 Å². The van der Waals surface area contributed by atoms with Crippen molar-refractivity contribution in [2.45, 2.75) is 20.0 Å². The summed E-state index contributed by atoms with van der Waals surface area (Å²) >= 11 is 0. The molecule has 0 spiro atoms. The van der Waals surface area contributed by atoms with Crippen LogP contribution in [0.15, 0.2) is 24.4 Å². The van der Waals surface area contributed by atoms with Crippen LogP contribution in [0.1, 0.15) is 13.8 Å². The average Bonchev–Trinajstić information content (AvgIpc) is 2.08. The molecule has 3 heteroatoms. The minimum atomic E-state index is 0.333. The average molecular weight is 169 g/mol. The fourth-order valence-electron chi connectivity index (χ4n) is 0.792. The smallest absolute Gasteiger partial charge is 0.0959 e. The van der Waals surface area contributed by atoms with Crippen LogP contribution in [-0.2, 0) is 0 Å². The first-order chi connectivity index (χ1) is 5.85. The van der Waals surface area contributed by atoms with Gasteiger partial charge in [0.1, 0.15) is 0 Å². The molecular weight excluding hydrogens is 150 g/mol. The zero-order valence-electron chi connectivity index (χ0n) is 7.88. The molecule has 1 atom stereocenters. The molecule has 0 aromatic carbocycles. The monoisotopic (exact) mass is 169 g/mol. The number of allylic oxidation sites excluding steroid dienone is 2. The highest BCUT2D eigenvalue weighted by molar-refractivity contribution is 5.10. The number of nitrogens with one attached hydrogen (secondary N) is 2. The van der Waals surface area contributed by atoms with Crippen LogP contribution in [0, 0.1) is 0 Å². The van der Waals surface area contributed by atoms with Gasteiger partial charge in [0.05, 0.1) is 6.17 Å². The Morgan fingerprint density at radius 2 is 2.08 bits per heavy atom.